The van der Waals surface area contributed by atoms with E-state index in [1.165, 1.54) is 5.56 Å². The second-order valence-electron chi connectivity index (χ2n) is 5.47. The Morgan fingerprint density at radius 3 is 2.43 bits per heavy atom. The lowest BCUT2D eigenvalue weighted by atomic mass is 10.2. The van der Waals surface area contributed by atoms with Gasteiger partial charge in [-0.3, -0.25) is 0 Å². The molecule has 0 saturated carbocycles. The third kappa shape index (κ3) is 3.45. The Morgan fingerprint density at radius 1 is 1.04 bits per heavy atom. The Kier molecular flexibility index (Phi) is 3.92. The maximum absolute atomic E-state index is 5.81. The molecule has 0 unspecified atom stereocenters. The minimum atomic E-state index is 0.194. The molecule has 118 valence electrons. The Morgan fingerprint density at radius 2 is 1.78 bits per heavy atom. The quantitative estimate of drug-likeness (QED) is 0.768. The number of nitrogens with one attached hydrogen (secondary N) is 1. The molecule has 0 fully saturated rings. The molecular weight excluding hydrogens is 290 g/mol. The van der Waals surface area contributed by atoms with Gasteiger partial charge in [0.05, 0.1) is 18.6 Å². The first-order valence-electron chi connectivity index (χ1n) is 7.34. The van der Waals surface area contributed by atoms with Gasteiger partial charge < -0.3 is 15.6 Å². The van der Waals surface area contributed by atoms with Crippen molar-refractivity contribution in [1.29, 1.82) is 0 Å². The van der Waals surface area contributed by atoms with E-state index < -0.39 is 0 Å². The van der Waals surface area contributed by atoms with Crippen LogP contribution in [0.1, 0.15) is 22.8 Å². The molecule has 0 spiro atoms. The summed E-state index contributed by atoms with van der Waals surface area (Å²) in [5, 5.41) is 3.15. The van der Waals surface area contributed by atoms with Gasteiger partial charge in [0.15, 0.2) is 5.82 Å². The lowest BCUT2D eigenvalue weighted by Gasteiger charge is -2.09. The molecule has 23 heavy (non-hydrogen) atoms. The van der Waals surface area contributed by atoms with Crippen LogP contribution in [0.25, 0.3) is 0 Å². The molecular formula is C16H19N7. The summed E-state index contributed by atoms with van der Waals surface area (Å²) in [4.78, 5) is 17.1. The molecule has 0 radical (unpaired) electrons. The van der Waals surface area contributed by atoms with E-state index in [-0.39, 0.29) is 5.95 Å². The minimum absolute atomic E-state index is 0.194. The minimum Gasteiger partial charge on any atom is -0.368 e. The molecule has 0 atom stereocenters. The van der Waals surface area contributed by atoms with Crippen LogP contribution in [0.2, 0.25) is 0 Å². The molecule has 0 bridgehead atoms. The Labute approximate surface area is 134 Å². The van der Waals surface area contributed by atoms with E-state index in [0.717, 1.165) is 17.1 Å². The third-order valence-corrected chi connectivity index (χ3v) is 3.66. The summed E-state index contributed by atoms with van der Waals surface area (Å²) in [6.07, 6.45) is 1.78. The summed E-state index contributed by atoms with van der Waals surface area (Å²) in [7, 11) is 0. The fraction of sp³-hybridized carbons (Fsp3) is 0.250. The molecule has 3 rings (SSSR count). The number of nitrogens with two attached hydrogens (primary N) is 1. The molecule has 1 aromatic carbocycles. The average Bonchev–Trinajstić information content (AvgIpc) is 2.81. The van der Waals surface area contributed by atoms with Crippen LogP contribution in [0.4, 0.5) is 17.6 Å². The summed E-state index contributed by atoms with van der Waals surface area (Å²) in [6.45, 7) is 6.52. The molecule has 3 N–H and O–H groups in total. The molecule has 7 nitrogen and oxygen atoms in total. The van der Waals surface area contributed by atoms with Crippen LogP contribution in [0.15, 0.2) is 30.6 Å². The smallest absolute Gasteiger partial charge is 0.232 e. The number of anilines is 3. The Balaban J connectivity index is 1.84. The lowest BCUT2D eigenvalue weighted by molar-refractivity contribution is 0.719. The molecule has 7 heteroatoms. The van der Waals surface area contributed by atoms with Gasteiger partial charge in [0.25, 0.3) is 0 Å². The maximum atomic E-state index is 5.81. The number of hydrogen-bond acceptors (Lipinski definition) is 6. The van der Waals surface area contributed by atoms with Crippen molar-refractivity contribution in [3.8, 4) is 0 Å². The third-order valence-electron chi connectivity index (χ3n) is 3.66. The standard InChI is InChI=1S/C16H19N7/c1-10-4-6-13(7-5-10)19-16-21-14(20-15(17)22-16)8-23-9-18-11(2)12(23)3/h4-7,9H,8H2,1-3H3,(H3,17,19,20,21,22). The van der Waals surface area contributed by atoms with Crippen molar-refractivity contribution in [3.63, 3.8) is 0 Å². The molecule has 3 aromatic rings. The SMILES string of the molecule is Cc1ccc(Nc2nc(N)nc(Cn3cnc(C)c3C)n2)cc1. The molecule has 0 aliphatic heterocycles. The Bertz CT molecular complexity index is 821. The normalized spacial score (nSPS) is 10.7. The van der Waals surface area contributed by atoms with Gasteiger partial charge in [0, 0.05) is 11.4 Å². The number of nitrogens with zero attached hydrogens (tertiary/aromatic N) is 5. The molecule has 0 saturated heterocycles. The zero-order valence-corrected chi connectivity index (χ0v) is 13.4. The lowest BCUT2D eigenvalue weighted by Crippen LogP contribution is -2.10. The van der Waals surface area contributed by atoms with Crippen molar-refractivity contribution in [2.75, 3.05) is 11.1 Å². The molecule has 0 aliphatic carbocycles. The summed E-state index contributed by atoms with van der Waals surface area (Å²) in [5.41, 5.74) is 9.97. The monoisotopic (exact) mass is 309 g/mol. The summed E-state index contributed by atoms with van der Waals surface area (Å²) in [5.74, 6) is 1.22. The first-order chi connectivity index (χ1) is 11.0. The summed E-state index contributed by atoms with van der Waals surface area (Å²) >= 11 is 0. The zero-order chi connectivity index (χ0) is 16.4. The number of aryl methyl sites for hydroxylation is 2. The highest BCUT2D eigenvalue weighted by molar-refractivity contribution is 5.54. The van der Waals surface area contributed by atoms with Crippen LogP contribution >= 0.6 is 0 Å². The van der Waals surface area contributed by atoms with E-state index in [4.69, 9.17) is 5.73 Å². The zero-order valence-electron chi connectivity index (χ0n) is 13.4. The average molecular weight is 309 g/mol. The van der Waals surface area contributed by atoms with Crippen LogP contribution in [0.5, 0.6) is 0 Å². The fourth-order valence-electron chi connectivity index (χ4n) is 2.19. The van der Waals surface area contributed by atoms with E-state index in [1.54, 1.807) is 6.33 Å². The van der Waals surface area contributed by atoms with Crippen LogP contribution in [0, 0.1) is 20.8 Å². The van der Waals surface area contributed by atoms with E-state index >= 15 is 0 Å². The van der Waals surface area contributed by atoms with Crippen molar-refractivity contribution in [3.05, 3.63) is 53.4 Å². The van der Waals surface area contributed by atoms with Crippen LogP contribution in [0.3, 0.4) is 0 Å². The van der Waals surface area contributed by atoms with E-state index in [2.05, 4.69) is 25.3 Å². The number of aromatic nitrogens is 5. The van der Waals surface area contributed by atoms with Crippen molar-refractivity contribution in [2.24, 2.45) is 0 Å². The van der Waals surface area contributed by atoms with E-state index in [0.29, 0.717) is 18.3 Å². The van der Waals surface area contributed by atoms with Gasteiger partial charge >= 0.3 is 0 Å². The molecule has 2 heterocycles. The number of imidazole rings is 1. The van der Waals surface area contributed by atoms with Gasteiger partial charge in [-0.1, -0.05) is 17.7 Å². The van der Waals surface area contributed by atoms with Gasteiger partial charge in [-0.2, -0.15) is 15.0 Å². The van der Waals surface area contributed by atoms with Crippen molar-refractivity contribution >= 4 is 17.6 Å². The van der Waals surface area contributed by atoms with Gasteiger partial charge in [-0.15, -0.1) is 0 Å². The largest absolute Gasteiger partial charge is 0.368 e. The van der Waals surface area contributed by atoms with Gasteiger partial charge in [-0.25, -0.2) is 4.98 Å². The molecule has 2 aromatic heterocycles. The van der Waals surface area contributed by atoms with Gasteiger partial charge in [0.1, 0.15) is 0 Å². The van der Waals surface area contributed by atoms with Crippen molar-refractivity contribution in [1.82, 2.24) is 24.5 Å². The number of nitrogen functional groups attached to an aromatic ring is 1. The topological polar surface area (TPSA) is 94.5 Å². The Hall–Kier alpha value is -2.96. The highest BCUT2D eigenvalue weighted by Crippen LogP contribution is 2.15. The highest BCUT2D eigenvalue weighted by Gasteiger charge is 2.08. The van der Waals surface area contributed by atoms with Crippen LogP contribution in [-0.4, -0.2) is 24.5 Å². The first kappa shape index (κ1) is 15.0. The van der Waals surface area contributed by atoms with Crippen LogP contribution in [-0.2, 0) is 6.54 Å². The van der Waals surface area contributed by atoms with E-state index in [1.807, 2.05) is 49.6 Å². The summed E-state index contributed by atoms with van der Waals surface area (Å²) in [6, 6.07) is 7.98. The first-order valence-corrected chi connectivity index (χ1v) is 7.34. The van der Waals surface area contributed by atoms with Gasteiger partial charge in [0.2, 0.25) is 11.9 Å². The number of rotatable bonds is 4. The fourth-order valence-corrected chi connectivity index (χ4v) is 2.19. The predicted octanol–water partition coefficient (Wildman–Crippen LogP) is 2.37. The second-order valence-corrected chi connectivity index (χ2v) is 5.47. The molecule has 0 aliphatic rings. The maximum Gasteiger partial charge on any atom is 0.232 e. The van der Waals surface area contributed by atoms with E-state index in [9.17, 15) is 0 Å². The van der Waals surface area contributed by atoms with Crippen molar-refractivity contribution in [2.45, 2.75) is 27.3 Å². The number of hydrogen-bond donors (Lipinski definition) is 2. The second kappa shape index (κ2) is 6.04. The van der Waals surface area contributed by atoms with Gasteiger partial charge in [-0.05, 0) is 32.9 Å². The molecule has 0 amide bonds. The van der Waals surface area contributed by atoms with Crippen molar-refractivity contribution < 1.29 is 0 Å². The van der Waals surface area contributed by atoms with Crippen LogP contribution < -0.4 is 11.1 Å². The highest BCUT2D eigenvalue weighted by atomic mass is 15.2. The summed E-state index contributed by atoms with van der Waals surface area (Å²) < 4.78 is 1.99. The number of benzene rings is 1. The predicted molar refractivity (Wildman–Crippen MR) is 89.5 cm³/mol.